The van der Waals surface area contributed by atoms with Gasteiger partial charge in [0.25, 0.3) is 0 Å². The third-order valence-corrected chi connectivity index (χ3v) is 6.76. The number of hydrogen-bond acceptors (Lipinski definition) is 5. The van der Waals surface area contributed by atoms with Crippen LogP contribution in [0.3, 0.4) is 0 Å². The van der Waals surface area contributed by atoms with Crippen molar-refractivity contribution in [3.05, 3.63) is 52.9 Å². The van der Waals surface area contributed by atoms with Crippen molar-refractivity contribution in [2.45, 2.75) is 26.3 Å². The summed E-state index contributed by atoms with van der Waals surface area (Å²) in [6.07, 6.45) is 3.92. The zero-order valence-corrected chi connectivity index (χ0v) is 17.0. The van der Waals surface area contributed by atoms with Crippen LogP contribution in [-0.2, 0) is 9.84 Å². The van der Waals surface area contributed by atoms with Gasteiger partial charge in [0.1, 0.15) is 0 Å². The number of nitrogens with zero attached hydrogens (tertiary/aromatic N) is 3. The number of ketones is 1. The van der Waals surface area contributed by atoms with Crippen LogP contribution in [0.5, 0.6) is 0 Å². The topological polar surface area (TPSA) is 72.3 Å². The predicted octanol–water partition coefficient (Wildman–Crippen LogP) is 2.82. The highest BCUT2D eigenvalue weighted by Gasteiger charge is 2.31. The zero-order valence-electron chi connectivity index (χ0n) is 16.1. The van der Waals surface area contributed by atoms with Crippen LogP contribution in [0.2, 0.25) is 0 Å². The van der Waals surface area contributed by atoms with E-state index in [0.717, 1.165) is 22.6 Å². The molecular formula is C20H25N3O3S. The summed E-state index contributed by atoms with van der Waals surface area (Å²) in [6, 6.07) is 7.33. The number of aromatic nitrogens is 2. The molecule has 0 aliphatic carbocycles. The zero-order chi connectivity index (χ0) is 19.8. The van der Waals surface area contributed by atoms with Gasteiger partial charge in [-0.15, -0.1) is 0 Å². The van der Waals surface area contributed by atoms with Crippen molar-refractivity contribution in [3.63, 3.8) is 0 Å². The lowest BCUT2D eigenvalue weighted by Gasteiger charge is -2.12. The maximum Gasteiger partial charge on any atom is 0.185 e. The first-order valence-corrected chi connectivity index (χ1v) is 10.8. The van der Waals surface area contributed by atoms with Crippen LogP contribution >= 0.6 is 0 Å². The Morgan fingerprint density at radius 3 is 2.44 bits per heavy atom. The Bertz CT molecular complexity index is 986. The number of aryl methyl sites for hydroxylation is 1. The summed E-state index contributed by atoms with van der Waals surface area (Å²) >= 11 is 0. The fourth-order valence-corrected chi connectivity index (χ4v) is 5.11. The fourth-order valence-electron chi connectivity index (χ4n) is 3.42. The molecule has 6 nitrogen and oxygen atoms in total. The van der Waals surface area contributed by atoms with E-state index in [1.54, 1.807) is 16.8 Å². The van der Waals surface area contributed by atoms with Crippen molar-refractivity contribution < 1.29 is 13.2 Å². The number of benzene rings is 1. The third-order valence-electron chi connectivity index (χ3n) is 5.00. The van der Waals surface area contributed by atoms with E-state index in [9.17, 15) is 13.2 Å². The van der Waals surface area contributed by atoms with Gasteiger partial charge in [-0.3, -0.25) is 9.48 Å². The SMILES string of the molecule is Cc1nn([C@H]2CCS(=O)(=O)C2)c(C)c1/C=C/C(=O)c1ccc(N(C)C)cc1. The van der Waals surface area contributed by atoms with Gasteiger partial charge < -0.3 is 4.90 Å². The number of carbonyl (C=O) groups is 1. The van der Waals surface area contributed by atoms with Gasteiger partial charge in [-0.25, -0.2) is 8.42 Å². The highest BCUT2D eigenvalue weighted by molar-refractivity contribution is 7.91. The fraction of sp³-hybridized carbons (Fsp3) is 0.400. The number of hydrogen-bond donors (Lipinski definition) is 0. The molecule has 0 N–H and O–H groups in total. The van der Waals surface area contributed by atoms with E-state index < -0.39 is 9.84 Å². The van der Waals surface area contributed by atoms with Crippen LogP contribution in [0.25, 0.3) is 6.08 Å². The molecule has 1 saturated heterocycles. The number of sulfone groups is 1. The van der Waals surface area contributed by atoms with Crippen molar-refractivity contribution in [2.75, 3.05) is 30.5 Å². The van der Waals surface area contributed by atoms with Gasteiger partial charge in [0.2, 0.25) is 0 Å². The number of allylic oxidation sites excluding steroid dienone is 1. The van der Waals surface area contributed by atoms with Crippen molar-refractivity contribution in [2.24, 2.45) is 0 Å². The molecule has 1 fully saturated rings. The molecule has 27 heavy (non-hydrogen) atoms. The van der Waals surface area contributed by atoms with Gasteiger partial charge in [-0.05, 0) is 56.7 Å². The van der Waals surface area contributed by atoms with E-state index in [1.165, 1.54) is 0 Å². The second kappa shape index (κ2) is 7.31. The average molecular weight is 388 g/mol. The summed E-state index contributed by atoms with van der Waals surface area (Å²) in [5.74, 6) is 0.271. The van der Waals surface area contributed by atoms with Crippen LogP contribution in [0, 0.1) is 13.8 Å². The second-order valence-electron chi connectivity index (χ2n) is 7.22. The Balaban J connectivity index is 1.80. The minimum atomic E-state index is -2.97. The highest BCUT2D eigenvalue weighted by Crippen LogP contribution is 2.27. The van der Waals surface area contributed by atoms with Crippen molar-refractivity contribution in [3.8, 4) is 0 Å². The molecule has 1 atom stereocenters. The Hall–Kier alpha value is -2.41. The summed E-state index contributed by atoms with van der Waals surface area (Å²) in [5, 5.41) is 4.52. The Kier molecular flexibility index (Phi) is 5.24. The van der Waals surface area contributed by atoms with Gasteiger partial charge in [0.15, 0.2) is 15.6 Å². The summed E-state index contributed by atoms with van der Waals surface area (Å²) in [5.41, 5.74) is 4.22. The van der Waals surface area contributed by atoms with Crippen LogP contribution < -0.4 is 4.90 Å². The molecule has 0 amide bonds. The Morgan fingerprint density at radius 1 is 1.22 bits per heavy atom. The molecule has 1 aromatic heterocycles. The monoisotopic (exact) mass is 387 g/mol. The summed E-state index contributed by atoms with van der Waals surface area (Å²) in [6.45, 7) is 3.80. The predicted molar refractivity (Wildman–Crippen MR) is 108 cm³/mol. The average Bonchev–Trinajstić information content (AvgIpc) is 3.12. The molecule has 0 spiro atoms. The number of rotatable bonds is 5. The minimum absolute atomic E-state index is 0.0738. The van der Waals surface area contributed by atoms with E-state index in [0.29, 0.717) is 12.0 Å². The smallest absolute Gasteiger partial charge is 0.185 e. The third kappa shape index (κ3) is 4.13. The molecule has 0 saturated carbocycles. The largest absolute Gasteiger partial charge is 0.378 e. The number of carbonyl (C=O) groups excluding carboxylic acids is 1. The van der Waals surface area contributed by atoms with E-state index in [-0.39, 0.29) is 23.3 Å². The standard InChI is InChI=1S/C20H25N3O3S/c1-14-19(15(2)23(21-14)18-11-12-27(25,26)13-18)9-10-20(24)16-5-7-17(8-6-16)22(3)4/h5-10,18H,11-13H2,1-4H3/b10-9+/t18-/m0/s1. The molecule has 0 unspecified atom stereocenters. The molecule has 1 aliphatic heterocycles. The van der Waals surface area contributed by atoms with Gasteiger partial charge in [-0.2, -0.15) is 5.10 Å². The molecule has 0 bridgehead atoms. The van der Waals surface area contributed by atoms with E-state index in [1.807, 2.05) is 57.1 Å². The number of anilines is 1. The highest BCUT2D eigenvalue weighted by atomic mass is 32.2. The van der Waals surface area contributed by atoms with Crippen molar-refractivity contribution in [1.29, 1.82) is 0 Å². The molecule has 2 heterocycles. The van der Waals surface area contributed by atoms with Gasteiger partial charge in [0.05, 0.1) is 23.2 Å². The molecule has 3 rings (SSSR count). The molecule has 1 aromatic carbocycles. The first-order valence-electron chi connectivity index (χ1n) is 8.94. The Labute approximate surface area is 160 Å². The maximum absolute atomic E-state index is 12.5. The van der Waals surface area contributed by atoms with E-state index in [4.69, 9.17) is 0 Å². The molecule has 0 radical (unpaired) electrons. The lowest BCUT2D eigenvalue weighted by molar-refractivity contribution is 0.104. The summed E-state index contributed by atoms with van der Waals surface area (Å²) < 4.78 is 25.3. The van der Waals surface area contributed by atoms with Gasteiger partial charge in [0, 0.05) is 36.6 Å². The lowest BCUT2D eigenvalue weighted by atomic mass is 10.1. The summed E-state index contributed by atoms with van der Waals surface area (Å²) in [7, 11) is 0.936. The van der Waals surface area contributed by atoms with Crippen LogP contribution in [0.1, 0.15) is 39.8 Å². The molecule has 2 aromatic rings. The first-order chi connectivity index (χ1) is 12.7. The molecule has 1 aliphatic rings. The summed E-state index contributed by atoms with van der Waals surface area (Å²) in [4.78, 5) is 14.4. The quantitative estimate of drug-likeness (QED) is 0.583. The minimum Gasteiger partial charge on any atom is -0.378 e. The molecular weight excluding hydrogens is 362 g/mol. The maximum atomic E-state index is 12.5. The van der Waals surface area contributed by atoms with E-state index >= 15 is 0 Å². The van der Waals surface area contributed by atoms with Crippen molar-refractivity contribution in [1.82, 2.24) is 9.78 Å². The van der Waals surface area contributed by atoms with Crippen LogP contribution in [0.15, 0.2) is 30.3 Å². The van der Waals surface area contributed by atoms with E-state index in [2.05, 4.69) is 5.10 Å². The molecule has 7 heteroatoms. The lowest BCUT2D eigenvalue weighted by Crippen LogP contribution is -2.13. The second-order valence-corrected chi connectivity index (χ2v) is 9.45. The normalized spacial score (nSPS) is 18.9. The van der Waals surface area contributed by atoms with Gasteiger partial charge >= 0.3 is 0 Å². The molecule has 144 valence electrons. The van der Waals surface area contributed by atoms with Gasteiger partial charge in [-0.1, -0.05) is 0 Å². The van der Waals surface area contributed by atoms with Crippen LogP contribution in [-0.4, -0.2) is 49.6 Å². The Morgan fingerprint density at radius 2 is 1.89 bits per heavy atom. The first kappa shape index (κ1) is 19.4. The van der Waals surface area contributed by atoms with Crippen LogP contribution in [0.4, 0.5) is 5.69 Å². The van der Waals surface area contributed by atoms with Crippen molar-refractivity contribution >= 4 is 27.4 Å².